The van der Waals surface area contributed by atoms with Crippen LogP contribution in [0, 0.1) is 0 Å². The third-order valence-electron chi connectivity index (χ3n) is 6.33. The lowest BCUT2D eigenvalue weighted by molar-refractivity contribution is -0.659. The Balaban J connectivity index is 0.00000280. The largest absolute Gasteiger partial charge is 0.403 e. The molecule has 214 valence electrons. The van der Waals surface area contributed by atoms with E-state index in [1.807, 2.05) is 61.6 Å². The molecule has 0 aliphatic rings. The summed E-state index contributed by atoms with van der Waals surface area (Å²) in [5.74, 6) is 1.38. The van der Waals surface area contributed by atoms with Gasteiger partial charge in [0.2, 0.25) is 12.7 Å². The van der Waals surface area contributed by atoms with Crippen molar-refractivity contribution >= 4 is 34.6 Å². The number of rotatable bonds is 11. The van der Waals surface area contributed by atoms with Crippen LogP contribution in [0.4, 0.5) is 34.6 Å². The summed E-state index contributed by atoms with van der Waals surface area (Å²) in [5.41, 5.74) is 3.94. The minimum atomic E-state index is 0. The Hall–Kier alpha value is -4.48. The second-order valence-corrected chi connectivity index (χ2v) is 9.31. The van der Waals surface area contributed by atoms with Crippen LogP contribution in [0.25, 0.3) is 0 Å². The Labute approximate surface area is 237 Å². The highest BCUT2D eigenvalue weighted by molar-refractivity contribution is 5.53. The summed E-state index contributed by atoms with van der Waals surface area (Å²) in [5, 5.41) is 25.6. The molecule has 0 bridgehead atoms. The van der Waals surface area contributed by atoms with Gasteiger partial charge in [-0.3, -0.25) is 0 Å². The topological polar surface area (TPSA) is 99.3 Å². The molecule has 2 aromatic heterocycles. The highest BCUT2D eigenvalue weighted by Gasteiger charge is 2.12. The molecule has 0 spiro atoms. The van der Waals surface area contributed by atoms with Gasteiger partial charge in [-0.15, -0.1) is 9.36 Å². The number of benzene rings is 2. The van der Waals surface area contributed by atoms with Crippen LogP contribution in [0.15, 0.2) is 81.6 Å². The van der Waals surface area contributed by atoms with Crippen molar-refractivity contribution in [3.05, 3.63) is 61.2 Å². The number of hydrogen-bond donors (Lipinski definition) is 0. The number of aryl methyl sites for hydroxylation is 4. The summed E-state index contributed by atoms with van der Waals surface area (Å²) in [6, 6.07) is 16.3. The van der Waals surface area contributed by atoms with E-state index in [-0.39, 0.29) is 14.9 Å². The molecule has 12 nitrogen and oxygen atoms in total. The second kappa shape index (κ2) is 14.6. The molecular weight excluding hydrogens is 504 g/mol. The summed E-state index contributed by atoms with van der Waals surface area (Å²) in [6.07, 6.45) is 5.60. The van der Waals surface area contributed by atoms with Crippen molar-refractivity contribution < 1.29 is 9.13 Å². The summed E-state index contributed by atoms with van der Waals surface area (Å²) in [4.78, 5) is 4.54. The number of aromatic nitrogens is 6. The summed E-state index contributed by atoms with van der Waals surface area (Å²) in [6.45, 7) is 1.95. The van der Waals surface area contributed by atoms with Crippen LogP contribution in [-0.4, -0.2) is 46.7 Å². The third kappa shape index (κ3) is 8.01. The van der Waals surface area contributed by atoms with Crippen molar-refractivity contribution in [2.75, 3.05) is 37.0 Å². The van der Waals surface area contributed by atoms with Gasteiger partial charge < -0.3 is 9.80 Å². The van der Waals surface area contributed by atoms with E-state index in [9.17, 15) is 0 Å². The van der Waals surface area contributed by atoms with Crippen LogP contribution < -0.4 is 18.9 Å². The van der Waals surface area contributed by atoms with E-state index < -0.39 is 0 Å². The van der Waals surface area contributed by atoms with Crippen LogP contribution in [0.3, 0.4) is 0 Å². The molecule has 2 heterocycles. The number of unbranched alkanes of at least 4 members (excludes halogenated alkanes) is 1. The van der Waals surface area contributed by atoms with Crippen LogP contribution in [0.1, 0.15) is 27.7 Å². The number of anilines is 2. The Morgan fingerprint density at radius 3 is 1.27 bits per heavy atom. The molecule has 0 unspecified atom stereocenters. The lowest BCUT2D eigenvalue weighted by Crippen LogP contribution is -2.25. The quantitative estimate of drug-likeness (QED) is 0.145. The van der Waals surface area contributed by atoms with Crippen molar-refractivity contribution in [1.29, 1.82) is 0 Å². The molecule has 0 aliphatic carbocycles. The first kappa shape index (κ1) is 31.7. The van der Waals surface area contributed by atoms with Gasteiger partial charge in [0.25, 0.3) is 0 Å². The van der Waals surface area contributed by atoms with Gasteiger partial charge in [0.1, 0.15) is 0 Å². The average Bonchev–Trinajstić information content (AvgIpc) is 3.43. The van der Waals surface area contributed by atoms with Gasteiger partial charge in [0.05, 0.1) is 39.6 Å². The fourth-order valence-electron chi connectivity index (χ4n) is 3.95. The molecule has 0 saturated carbocycles. The van der Waals surface area contributed by atoms with E-state index in [0.717, 1.165) is 48.7 Å². The first-order valence-corrected chi connectivity index (χ1v) is 12.5. The normalized spacial score (nSPS) is 11.1. The van der Waals surface area contributed by atoms with E-state index in [1.54, 1.807) is 22.0 Å². The van der Waals surface area contributed by atoms with E-state index in [2.05, 4.69) is 78.8 Å². The molecule has 40 heavy (non-hydrogen) atoms. The SMILES string of the molecule is C.C.CN(CCCCN(C)c1ccc(N=Nc2n(C)nc[n+]2C)cc1)c1ccc(N=Nc2n(C)nc[n+]2C)cc1. The van der Waals surface area contributed by atoms with E-state index in [0.29, 0.717) is 11.9 Å². The maximum absolute atomic E-state index is 4.33. The predicted molar refractivity (Wildman–Crippen MR) is 159 cm³/mol. The average molecular weight is 549 g/mol. The van der Waals surface area contributed by atoms with Gasteiger partial charge in [0.15, 0.2) is 0 Å². The third-order valence-corrected chi connectivity index (χ3v) is 6.33. The molecule has 4 rings (SSSR count). The van der Waals surface area contributed by atoms with Crippen LogP contribution in [-0.2, 0) is 28.2 Å². The lowest BCUT2D eigenvalue weighted by atomic mass is 10.2. The maximum Gasteiger partial charge on any atom is 0.403 e. The fourth-order valence-corrected chi connectivity index (χ4v) is 3.95. The van der Waals surface area contributed by atoms with Gasteiger partial charge in [-0.25, -0.2) is 9.13 Å². The lowest BCUT2D eigenvalue weighted by Gasteiger charge is -2.22. The molecule has 0 radical (unpaired) electrons. The Morgan fingerprint density at radius 2 is 0.975 bits per heavy atom. The first-order valence-electron chi connectivity index (χ1n) is 12.5. The van der Waals surface area contributed by atoms with Crippen molar-refractivity contribution in [2.24, 2.45) is 48.6 Å². The van der Waals surface area contributed by atoms with E-state index in [1.165, 1.54) is 0 Å². The standard InChI is InChI=1S/C26H36N12.2CH4/c1-33(23-13-9-21(10-14-23)29-31-25-35(3)19-27-37(25)5)17-7-8-18-34(2)24-15-11-22(12-16-24)30-32-26-36(4)20-28-38(26)6;;/h9-16,19-20H,7-8,17-18H2,1-6H3;2*1H4/q+2;;. The van der Waals surface area contributed by atoms with Gasteiger partial charge in [-0.2, -0.15) is 0 Å². The molecule has 2 aromatic carbocycles. The monoisotopic (exact) mass is 548 g/mol. The predicted octanol–water partition coefficient (Wildman–Crippen LogP) is 5.26. The van der Waals surface area contributed by atoms with Crippen molar-refractivity contribution in [1.82, 2.24) is 19.6 Å². The summed E-state index contributed by atoms with van der Waals surface area (Å²) in [7, 11) is 11.7. The zero-order valence-corrected chi connectivity index (χ0v) is 23.0. The zero-order chi connectivity index (χ0) is 27.1. The van der Waals surface area contributed by atoms with Crippen LogP contribution in [0.2, 0.25) is 0 Å². The molecule has 0 amide bonds. The van der Waals surface area contributed by atoms with Crippen molar-refractivity contribution in [2.45, 2.75) is 27.7 Å². The minimum Gasteiger partial charge on any atom is -0.375 e. The first-order chi connectivity index (χ1) is 18.3. The second-order valence-electron chi connectivity index (χ2n) is 9.31. The Bertz CT molecular complexity index is 1240. The van der Waals surface area contributed by atoms with E-state index >= 15 is 0 Å². The van der Waals surface area contributed by atoms with Gasteiger partial charge in [-0.1, -0.05) is 25.1 Å². The molecule has 0 aliphatic heterocycles. The minimum absolute atomic E-state index is 0. The maximum atomic E-state index is 4.33. The molecule has 12 heteroatoms. The van der Waals surface area contributed by atoms with Crippen molar-refractivity contribution in [3.63, 3.8) is 0 Å². The van der Waals surface area contributed by atoms with Gasteiger partial charge in [0, 0.05) is 48.8 Å². The molecule has 0 fully saturated rings. The van der Waals surface area contributed by atoms with Gasteiger partial charge >= 0.3 is 11.9 Å². The Morgan fingerprint density at radius 1 is 0.625 bits per heavy atom. The zero-order valence-electron chi connectivity index (χ0n) is 23.0. The smallest absolute Gasteiger partial charge is 0.375 e. The number of azo groups is 2. The Kier molecular flexibility index (Phi) is 11.6. The number of nitrogens with zero attached hydrogens (tertiary/aromatic N) is 12. The van der Waals surface area contributed by atoms with Gasteiger partial charge in [-0.05, 0) is 71.6 Å². The number of hydrogen-bond acceptors (Lipinski definition) is 8. The molecule has 0 atom stereocenters. The molecule has 0 N–H and O–H groups in total. The molecule has 4 aromatic rings. The van der Waals surface area contributed by atoms with Crippen LogP contribution in [0.5, 0.6) is 0 Å². The highest BCUT2D eigenvalue weighted by atomic mass is 15.4. The summed E-state index contributed by atoms with van der Waals surface area (Å²) >= 11 is 0. The molecular formula is C28H44N12+2. The van der Waals surface area contributed by atoms with Crippen LogP contribution >= 0.6 is 0 Å². The highest BCUT2D eigenvalue weighted by Crippen LogP contribution is 2.22. The van der Waals surface area contributed by atoms with Crippen molar-refractivity contribution in [3.8, 4) is 0 Å². The summed E-state index contributed by atoms with van der Waals surface area (Å²) < 4.78 is 7.04. The fraction of sp³-hybridized carbons (Fsp3) is 0.429. The molecule has 0 saturated heterocycles. The van der Waals surface area contributed by atoms with E-state index in [4.69, 9.17) is 0 Å².